The van der Waals surface area contributed by atoms with Gasteiger partial charge in [-0.2, -0.15) is 0 Å². The lowest BCUT2D eigenvalue weighted by Crippen LogP contribution is -2.55. The first-order valence-corrected chi connectivity index (χ1v) is 10.9. The number of aromatic nitrogens is 1. The number of pyridine rings is 1. The summed E-state index contributed by atoms with van der Waals surface area (Å²) < 4.78 is 0. The van der Waals surface area contributed by atoms with E-state index in [0.717, 1.165) is 70.4 Å². The van der Waals surface area contributed by atoms with Crippen molar-refractivity contribution in [1.29, 1.82) is 0 Å². The molecule has 6 nitrogen and oxygen atoms in total. The Labute approximate surface area is 168 Å². The van der Waals surface area contributed by atoms with E-state index in [4.69, 9.17) is 5.73 Å². The Morgan fingerprint density at radius 1 is 1.21 bits per heavy atom. The number of aliphatic hydroxyl groups is 1. The number of piperidine rings is 2. The molecule has 3 N–H and O–H groups in total. The Morgan fingerprint density at radius 2 is 1.93 bits per heavy atom. The fraction of sp³-hybridized carbons (Fsp3) is 0.727. The molecule has 1 aliphatic carbocycles. The zero-order valence-electron chi connectivity index (χ0n) is 16.9. The molecule has 2 saturated heterocycles. The van der Waals surface area contributed by atoms with Gasteiger partial charge in [-0.3, -0.25) is 9.69 Å². The molecule has 1 saturated carbocycles. The average molecular weight is 387 g/mol. The summed E-state index contributed by atoms with van der Waals surface area (Å²) in [5.41, 5.74) is 7.28. The van der Waals surface area contributed by atoms with Gasteiger partial charge in [0.1, 0.15) is 5.82 Å². The van der Waals surface area contributed by atoms with Gasteiger partial charge in [-0.05, 0) is 56.7 Å². The van der Waals surface area contributed by atoms with Crippen LogP contribution in [0.25, 0.3) is 0 Å². The Balaban J connectivity index is 1.35. The number of hydrogen-bond acceptors (Lipinski definition) is 5. The fourth-order valence-corrected chi connectivity index (χ4v) is 5.64. The third kappa shape index (κ3) is 3.90. The number of carbonyl (C=O) groups excluding carboxylic acids is 1. The van der Waals surface area contributed by atoms with Crippen LogP contribution < -0.4 is 5.73 Å². The van der Waals surface area contributed by atoms with Gasteiger partial charge in [-0.1, -0.05) is 18.9 Å². The van der Waals surface area contributed by atoms with Gasteiger partial charge in [0, 0.05) is 49.8 Å². The van der Waals surface area contributed by atoms with Crippen LogP contribution in [0.2, 0.25) is 0 Å². The number of rotatable bonds is 4. The second-order valence-electron chi connectivity index (χ2n) is 9.08. The Morgan fingerprint density at radius 3 is 2.61 bits per heavy atom. The molecule has 1 aromatic heterocycles. The zero-order chi connectivity index (χ0) is 19.6. The van der Waals surface area contributed by atoms with E-state index in [-0.39, 0.29) is 23.9 Å². The van der Waals surface area contributed by atoms with E-state index in [2.05, 4.69) is 20.9 Å². The van der Waals surface area contributed by atoms with Crippen molar-refractivity contribution in [3.63, 3.8) is 0 Å². The summed E-state index contributed by atoms with van der Waals surface area (Å²) in [6.07, 6.45) is 9.42. The highest BCUT2D eigenvalue weighted by atomic mass is 16.3. The third-order valence-corrected chi connectivity index (χ3v) is 7.59. The van der Waals surface area contributed by atoms with E-state index < -0.39 is 0 Å². The number of amides is 1. The van der Waals surface area contributed by atoms with Crippen LogP contribution in [0.4, 0.5) is 5.82 Å². The minimum atomic E-state index is 0.179. The number of nitrogen functional groups attached to an aromatic ring is 1. The van der Waals surface area contributed by atoms with Gasteiger partial charge in [-0.25, -0.2) is 4.98 Å². The van der Waals surface area contributed by atoms with Gasteiger partial charge in [0.15, 0.2) is 0 Å². The molecule has 1 atom stereocenters. The zero-order valence-corrected chi connectivity index (χ0v) is 16.9. The summed E-state index contributed by atoms with van der Waals surface area (Å²) in [4.78, 5) is 21.5. The SMILES string of the molecule is Nc1ncccc1CN1CCC2(CC1)CCN(C(=O)C1CCCC1)CC2CO. The molecule has 0 radical (unpaired) electrons. The van der Waals surface area contributed by atoms with E-state index in [0.29, 0.717) is 11.7 Å². The van der Waals surface area contributed by atoms with Gasteiger partial charge in [0.25, 0.3) is 0 Å². The lowest BCUT2D eigenvalue weighted by atomic mass is 9.64. The van der Waals surface area contributed by atoms with Gasteiger partial charge in [0.05, 0.1) is 0 Å². The quantitative estimate of drug-likeness (QED) is 0.830. The van der Waals surface area contributed by atoms with E-state index in [1.165, 1.54) is 12.8 Å². The van der Waals surface area contributed by atoms with Crippen LogP contribution in [0.5, 0.6) is 0 Å². The molecule has 0 aromatic carbocycles. The van der Waals surface area contributed by atoms with Crippen LogP contribution in [0.3, 0.4) is 0 Å². The molecule has 0 bridgehead atoms. The van der Waals surface area contributed by atoms with Gasteiger partial charge < -0.3 is 15.7 Å². The number of aliphatic hydroxyl groups excluding tert-OH is 1. The van der Waals surface area contributed by atoms with Crippen molar-refractivity contribution in [2.45, 2.75) is 51.5 Å². The first-order chi connectivity index (χ1) is 13.6. The Hall–Kier alpha value is -1.66. The van der Waals surface area contributed by atoms with Crippen LogP contribution in [-0.2, 0) is 11.3 Å². The van der Waals surface area contributed by atoms with Crippen LogP contribution in [0, 0.1) is 17.3 Å². The third-order valence-electron chi connectivity index (χ3n) is 7.59. The predicted octanol–water partition coefficient (Wildman–Crippen LogP) is 2.28. The van der Waals surface area contributed by atoms with Crippen molar-refractivity contribution in [2.24, 2.45) is 17.3 Å². The summed E-state index contributed by atoms with van der Waals surface area (Å²) in [5.74, 6) is 1.41. The van der Waals surface area contributed by atoms with Crippen molar-refractivity contribution < 1.29 is 9.90 Å². The average Bonchev–Trinajstić information content (AvgIpc) is 3.26. The Bertz CT molecular complexity index is 681. The number of hydrogen-bond donors (Lipinski definition) is 2. The van der Waals surface area contributed by atoms with Crippen molar-refractivity contribution in [1.82, 2.24) is 14.8 Å². The summed E-state index contributed by atoms with van der Waals surface area (Å²) in [7, 11) is 0. The Kier molecular flexibility index (Phi) is 5.88. The highest BCUT2D eigenvalue weighted by molar-refractivity contribution is 5.79. The second kappa shape index (κ2) is 8.37. The number of anilines is 1. The fourth-order valence-electron chi connectivity index (χ4n) is 5.64. The predicted molar refractivity (Wildman–Crippen MR) is 109 cm³/mol. The van der Waals surface area contributed by atoms with Crippen LogP contribution >= 0.6 is 0 Å². The standard InChI is InChI=1S/C22H34N4O2/c23-20-18(6-3-10-24-20)14-25-11-7-22(8-12-25)9-13-26(15-19(22)16-27)21(28)17-4-1-2-5-17/h3,6,10,17,19,27H,1-2,4-5,7-9,11-16H2,(H2,23,24). The van der Waals surface area contributed by atoms with E-state index in [1.807, 2.05) is 6.07 Å². The van der Waals surface area contributed by atoms with E-state index in [9.17, 15) is 9.90 Å². The smallest absolute Gasteiger partial charge is 0.225 e. The molecular formula is C22H34N4O2. The second-order valence-corrected chi connectivity index (χ2v) is 9.08. The molecule has 1 amide bonds. The molecule has 3 aliphatic rings. The van der Waals surface area contributed by atoms with Crippen molar-refractivity contribution in [3.8, 4) is 0 Å². The maximum Gasteiger partial charge on any atom is 0.225 e. The summed E-state index contributed by atoms with van der Waals surface area (Å²) in [5, 5.41) is 10.1. The minimum Gasteiger partial charge on any atom is -0.396 e. The maximum atomic E-state index is 12.8. The molecule has 3 heterocycles. The monoisotopic (exact) mass is 386 g/mol. The number of nitrogens with zero attached hydrogens (tertiary/aromatic N) is 3. The molecule has 2 aliphatic heterocycles. The lowest BCUT2D eigenvalue weighted by molar-refractivity contribution is -0.142. The number of carbonyl (C=O) groups is 1. The van der Waals surface area contributed by atoms with Gasteiger partial charge in [-0.15, -0.1) is 0 Å². The molecule has 3 fully saturated rings. The molecule has 6 heteroatoms. The van der Waals surface area contributed by atoms with Crippen LogP contribution in [0.15, 0.2) is 18.3 Å². The van der Waals surface area contributed by atoms with E-state index >= 15 is 0 Å². The van der Waals surface area contributed by atoms with Crippen LogP contribution in [0.1, 0.15) is 50.5 Å². The number of likely N-dealkylation sites (tertiary alicyclic amines) is 2. The highest BCUT2D eigenvalue weighted by Crippen LogP contribution is 2.46. The summed E-state index contributed by atoms with van der Waals surface area (Å²) in [6, 6.07) is 3.99. The van der Waals surface area contributed by atoms with Crippen molar-refractivity contribution >= 4 is 11.7 Å². The van der Waals surface area contributed by atoms with Gasteiger partial charge >= 0.3 is 0 Å². The van der Waals surface area contributed by atoms with Crippen molar-refractivity contribution in [3.05, 3.63) is 23.9 Å². The molecule has 1 unspecified atom stereocenters. The first kappa shape index (κ1) is 19.6. The molecule has 154 valence electrons. The molecular weight excluding hydrogens is 352 g/mol. The van der Waals surface area contributed by atoms with Gasteiger partial charge in [0.2, 0.25) is 5.91 Å². The molecule has 4 rings (SSSR count). The highest BCUT2D eigenvalue weighted by Gasteiger charge is 2.46. The lowest BCUT2D eigenvalue weighted by Gasteiger charge is -2.51. The number of nitrogens with two attached hydrogens (primary N) is 1. The van der Waals surface area contributed by atoms with Crippen LogP contribution in [-0.4, -0.2) is 58.6 Å². The normalized spacial score (nSPS) is 26.0. The maximum absolute atomic E-state index is 12.8. The minimum absolute atomic E-state index is 0.179. The topological polar surface area (TPSA) is 82.7 Å². The first-order valence-electron chi connectivity index (χ1n) is 10.9. The van der Waals surface area contributed by atoms with Crippen molar-refractivity contribution in [2.75, 3.05) is 38.5 Å². The molecule has 1 aromatic rings. The summed E-state index contributed by atoms with van der Waals surface area (Å²) >= 11 is 0. The van der Waals surface area contributed by atoms with E-state index in [1.54, 1.807) is 6.20 Å². The largest absolute Gasteiger partial charge is 0.396 e. The molecule has 28 heavy (non-hydrogen) atoms. The molecule has 1 spiro atoms. The summed E-state index contributed by atoms with van der Waals surface area (Å²) in [6.45, 7) is 4.65.